The zero-order chi connectivity index (χ0) is 16.0. The first-order valence-electron chi connectivity index (χ1n) is 6.68. The minimum absolute atomic E-state index is 0.0643. The first kappa shape index (κ1) is 14.7. The molecule has 0 bridgehead atoms. The van der Waals surface area contributed by atoms with Crippen LogP contribution >= 0.6 is 35.0 Å². The highest BCUT2D eigenvalue weighted by Gasteiger charge is 2.38. The van der Waals surface area contributed by atoms with Gasteiger partial charge in [0, 0.05) is 15.6 Å². The molecule has 1 atom stereocenters. The zero-order valence-corrected chi connectivity index (χ0v) is 13.9. The molecule has 4 rings (SSSR count). The SMILES string of the molecule is O=C1CSC(c2c(Cl)cccc2Cl)N1c1ncnc2nc[nH]c12. The van der Waals surface area contributed by atoms with Crippen molar-refractivity contribution < 1.29 is 4.79 Å². The molecule has 1 aliphatic rings. The van der Waals surface area contributed by atoms with Gasteiger partial charge in [0.1, 0.15) is 17.2 Å². The number of nitrogens with zero attached hydrogens (tertiary/aromatic N) is 4. The Morgan fingerprint density at radius 3 is 2.78 bits per heavy atom. The van der Waals surface area contributed by atoms with Crippen LogP contribution in [0.3, 0.4) is 0 Å². The topological polar surface area (TPSA) is 74.8 Å². The minimum atomic E-state index is -0.343. The van der Waals surface area contributed by atoms with E-state index in [9.17, 15) is 4.79 Å². The molecule has 23 heavy (non-hydrogen) atoms. The number of rotatable bonds is 2. The number of fused-ring (bicyclic) bond motifs is 1. The predicted molar refractivity (Wildman–Crippen MR) is 90.8 cm³/mol. The fourth-order valence-corrected chi connectivity index (χ4v) is 4.51. The highest BCUT2D eigenvalue weighted by molar-refractivity contribution is 8.00. The molecular weight excluding hydrogens is 357 g/mol. The van der Waals surface area contributed by atoms with Crippen molar-refractivity contribution >= 4 is 57.9 Å². The molecule has 1 aliphatic heterocycles. The van der Waals surface area contributed by atoms with Gasteiger partial charge in [-0.05, 0) is 12.1 Å². The largest absolute Gasteiger partial charge is 0.340 e. The Bertz CT molecular complexity index is 895. The molecule has 1 unspecified atom stereocenters. The van der Waals surface area contributed by atoms with E-state index < -0.39 is 0 Å². The third-order valence-electron chi connectivity index (χ3n) is 3.55. The molecular formula is C14H9Cl2N5OS. The summed E-state index contributed by atoms with van der Waals surface area (Å²) in [6.45, 7) is 0. The lowest BCUT2D eigenvalue weighted by atomic mass is 10.2. The zero-order valence-electron chi connectivity index (χ0n) is 11.5. The van der Waals surface area contributed by atoms with Crippen molar-refractivity contribution in [2.45, 2.75) is 5.37 Å². The Balaban J connectivity index is 1.89. The van der Waals surface area contributed by atoms with Crippen molar-refractivity contribution in [3.05, 3.63) is 46.5 Å². The fraction of sp³-hybridized carbons (Fsp3) is 0.143. The lowest BCUT2D eigenvalue weighted by Crippen LogP contribution is -2.29. The van der Waals surface area contributed by atoms with Crippen LogP contribution in [-0.4, -0.2) is 31.6 Å². The van der Waals surface area contributed by atoms with E-state index in [-0.39, 0.29) is 11.3 Å². The second-order valence-corrected chi connectivity index (χ2v) is 6.74. The predicted octanol–water partition coefficient (Wildman–Crippen LogP) is 3.44. The molecule has 9 heteroatoms. The number of benzene rings is 1. The van der Waals surface area contributed by atoms with E-state index in [1.807, 2.05) is 0 Å². The smallest absolute Gasteiger partial charge is 0.239 e. The standard InChI is InChI=1S/C14H9Cl2N5OS/c15-7-2-1-3-8(16)10(7)14-21(9(22)4-23-14)13-11-12(18-5-17-11)19-6-20-13/h1-3,5-6,14H,4H2,(H,17,18,19,20). The van der Waals surface area contributed by atoms with Gasteiger partial charge in [0.05, 0.1) is 12.1 Å². The van der Waals surface area contributed by atoms with Gasteiger partial charge in [-0.2, -0.15) is 0 Å². The Morgan fingerprint density at radius 1 is 1.22 bits per heavy atom. The summed E-state index contributed by atoms with van der Waals surface area (Å²) < 4.78 is 0. The van der Waals surface area contributed by atoms with Crippen molar-refractivity contribution in [3.8, 4) is 0 Å². The Morgan fingerprint density at radius 2 is 2.00 bits per heavy atom. The molecule has 1 N–H and O–H groups in total. The molecule has 3 aromatic rings. The number of aromatic nitrogens is 4. The van der Waals surface area contributed by atoms with E-state index in [1.54, 1.807) is 23.1 Å². The first-order valence-corrected chi connectivity index (χ1v) is 8.49. The van der Waals surface area contributed by atoms with E-state index in [2.05, 4.69) is 19.9 Å². The highest BCUT2D eigenvalue weighted by Crippen LogP contribution is 2.46. The second-order valence-electron chi connectivity index (χ2n) is 4.86. The average molecular weight is 366 g/mol. The summed E-state index contributed by atoms with van der Waals surface area (Å²) in [6.07, 6.45) is 2.91. The number of hydrogen-bond acceptors (Lipinski definition) is 5. The third-order valence-corrected chi connectivity index (χ3v) is 5.38. The maximum Gasteiger partial charge on any atom is 0.239 e. The number of amides is 1. The summed E-state index contributed by atoms with van der Waals surface area (Å²) in [5.74, 6) is 0.736. The van der Waals surface area contributed by atoms with Crippen LogP contribution in [0.5, 0.6) is 0 Å². The summed E-state index contributed by atoms with van der Waals surface area (Å²) in [6, 6.07) is 5.30. The van der Waals surface area contributed by atoms with Crippen LogP contribution < -0.4 is 4.90 Å². The fourth-order valence-electron chi connectivity index (χ4n) is 2.55. The van der Waals surface area contributed by atoms with Crippen molar-refractivity contribution in [3.63, 3.8) is 0 Å². The highest BCUT2D eigenvalue weighted by atomic mass is 35.5. The molecule has 0 saturated carbocycles. The van der Waals surface area contributed by atoms with Crippen LogP contribution in [0.15, 0.2) is 30.9 Å². The number of thioether (sulfide) groups is 1. The number of nitrogens with one attached hydrogen (secondary N) is 1. The molecule has 1 saturated heterocycles. The maximum atomic E-state index is 12.5. The lowest BCUT2D eigenvalue weighted by Gasteiger charge is -2.24. The van der Waals surface area contributed by atoms with Gasteiger partial charge in [0.25, 0.3) is 0 Å². The number of carbonyl (C=O) groups excluding carboxylic acids is 1. The molecule has 1 fully saturated rings. The molecule has 0 spiro atoms. The number of halogens is 2. The van der Waals surface area contributed by atoms with Gasteiger partial charge in [0.15, 0.2) is 11.5 Å². The first-order chi connectivity index (χ1) is 11.2. The van der Waals surface area contributed by atoms with Crippen molar-refractivity contribution in [2.75, 3.05) is 10.7 Å². The van der Waals surface area contributed by atoms with Gasteiger partial charge >= 0.3 is 0 Å². The summed E-state index contributed by atoms with van der Waals surface area (Å²) in [4.78, 5) is 29.5. The van der Waals surface area contributed by atoms with E-state index >= 15 is 0 Å². The van der Waals surface area contributed by atoms with Crippen LogP contribution in [0.25, 0.3) is 11.2 Å². The summed E-state index contributed by atoms with van der Waals surface area (Å²) in [7, 11) is 0. The molecule has 1 aromatic carbocycles. The van der Waals surface area contributed by atoms with E-state index in [4.69, 9.17) is 23.2 Å². The van der Waals surface area contributed by atoms with E-state index in [0.717, 1.165) is 0 Å². The number of imidazole rings is 1. The van der Waals surface area contributed by atoms with Gasteiger partial charge in [-0.25, -0.2) is 15.0 Å². The number of carbonyl (C=O) groups is 1. The normalized spacial score (nSPS) is 18.1. The molecule has 2 aromatic heterocycles. The monoisotopic (exact) mass is 365 g/mol. The van der Waals surface area contributed by atoms with Gasteiger partial charge in [-0.15, -0.1) is 11.8 Å². The molecule has 1 amide bonds. The lowest BCUT2D eigenvalue weighted by molar-refractivity contribution is -0.115. The van der Waals surface area contributed by atoms with E-state index in [1.165, 1.54) is 24.4 Å². The van der Waals surface area contributed by atoms with Gasteiger partial charge < -0.3 is 4.98 Å². The average Bonchev–Trinajstić information content (AvgIpc) is 3.14. The van der Waals surface area contributed by atoms with Crippen LogP contribution in [0.1, 0.15) is 10.9 Å². The summed E-state index contributed by atoms with van der Waals surface area (Å²) in [5, 5.41) is 0.694. The van der Waals surface area contributed by atoms with Crippen molar-refractivity contribution in [2.24, 2.45) is 0 Å². The van der Waals surface area contributed by atoms with Crippen LogP contribution in [-0.2, 0) is 4.79 Å². The summed E-state index contributed by atoms with van der Waals surface area (Å²) >= 11 is 14.1. The number of anilines is 1. The third kappa shape index (κ3) is 2.36. The molecule has 0 aliphatic carbocycles. The van der Waals surface area contributed by atoms with Crippen LogP contribution in [0.4, 0.5) is 5.82 Å². The summed E-state index contributed by atoms with van der Waals surface area (Å²) in [5.41, 5.74) is 1.82. The molecule has 6 nitrogen and oxygen atoms in total. The number of aromatic amines is 1. The van der Waals surface area contributed by atoms with Gasteiger partial charge in [-0.3, -0.25) is 9.69 Å². The van der Waals surface area contributed by atoms with Crippen molar-refractivity contribution in [1.82, 2.24) is 19.9 Å². The maximum absolute atomic E-state index is 12.5. The Labute approximate surface area is 145 Å². The minimum Gasteiger partial charge on any atom is -0.340 e. The molecule has 0 radical (unpaired) electrons. The van der Waals surface area contributed by atoms with Crippen LogP contribution in [0, 0.1) is 0 Å². The quantitative estimate of drug-likeness (QED) is 0.752. The van der Waals surface area contributed by atoms with E-state index in [0.29, 0.717) is 38.3 Å². The van der Waals surface area contributed by atoms with Crippen LogP contribution in [0.2, 0.25) is 10.0 Å². The molecule has 116 valence electrons. The molecule has 3 heterocycles. The number of H-pyrrole nitrogens is 1. The Hall–Kier alpha value is -1.83. The van der Waals surface area contributed by atoms with Crippen molar-refractivity contribution in [1.29, 1.82) is 0 Å². The second kappa shape index (κ2) is 5.67. The van der Waals surface area contributed by atoms with Gasteiger partial charge in [-0.1, -0.05) is 29.3 Å². The Kier molecular flexibility index (Phi) is 3.63. The number of hydrogen-bond donors (Lipinski definition) is 1. The van der Waals surface area contributed by atoms with Gasteiger partial charge in [0.2, 0.25) is 5.91 Å².